The second-order valence-corrected chi connectivity index (χ2v) is 6.11. The van der Waals surface area contributed by atoms with E-state index in [4.69, 9.17) is 14.2 Å². The number of hydrogen-bond acceptors (Lipinski definition) is 8. The van der Waals surface area contributed by atoms with Crippen LogP contribution in [-0.4, -0.2) is 62.1 Å². The number of nitrogens with one attached hydrogen (secondary N) is 2. The lowest BCUT2D eigenvalue weighted by Gasteiger charge is -2.27. The summed E-state index contributed by atoms with van der Waals surface area (Å²) in [5.74, 6) is 2.70. The molecule has 0 radical (unpaired) electrons. The van der Waals surface area contributed by atoms with Crippen LogP contribution in [0.15, 0.2) is 30.6 Å². The predicted molar refractivity (Wildman–Crippen MR) is 98.5 cm³/mol. The van der Waals surface area contributed by atoms with E-state index in [2.05, 4.69) is 25.5 Å². The van der Waals surface area contributed by atoms with Crippen LogP contribution in [0.2, 0.25) is 0 Å². The van der Waals surface area contributed by atoms with Gasteiger partial charge in [0.2, 0.25) is 6.79 Å². The van der Waals surface area contributed by atoms with E-state index >= 15 is 0 Å². The van der Waals surface area contributed by atoms with Gasteiger partial charge in [-0.25, -0.2) is 9.97 Å². The number of carbonyl (C=O) groups excluding carboxylic acids is 1. The summed E-state index contributed by atoms with van der Waals surface area (Å²) in [6.45, 7) is 4.26. The Morgan fingerprint density at radius 3 is 2.81 bits per heavy atom. The third-order valence-electron chi connectivity index (χ3n) is 4.34. The number of benzene rings is 1. The Morgan fingerprint density at radius 2 is 1.93 bits per heavy atom. The lowest BCUT2D eigenvalue weighted by molar-refractivity contribution is 0.0954. The van der Waals surface area contributed by atoms with Crippen molar-refractivity contribution in [1.29, 1.82) is 0 Å². The number of rotatable bonds is 6. The third kappa shape index (κ3) is 4.20. The Hall–Kier alpha value is -3.07. The first kappa shape index (κ1) is 17.3. The average Bonchev–Trinajstić information content (AvgIpc) is 3.20. The van der Waals surface area contributed by atoms with Crippen LogP contribution in [-0.2, 0) is 4.74 Å². The molecular weight excluding hydrogens is 350 g/mol. The molecule has 0 saturated carbocycles. The van der Waals surface area contributed by atoms with Gasteiger partial charge in [0.15, 0.2) is 11.5 Å². The lowest BCUT2D eigenvalue weighted by atomic mass is 10.2. The van der Waals surface area contributed by atoms with Gasteiger partial charge in [-0.2, -0.15) is 0 Å². The molecule has 142 valence electrons. The summed E-state index contributed by atoms with van der Waals surface area (Å²) < 4.78 is 15.9. The highest BCUT2D eigenvalue weighted by molar-refractivity contribution is 5.94. The molecule has 2 aliphatic rings. The van der Waals surface area contributed by atoms with Gasteiger partial charge in [-0.05, 0) is 18.2 Å². The molecule has 1 fully saturated rings. The summed E-state index contributed by atoms with van der Waals surface area (Å²) >= 11 is 0. The van der Waals surface area contributed by atoms with Crippen molar-refractivity contribution in [3.05, 3.63) is 36.2 Å². The Morgan fingerprint density at radius 1 is 1.07 bits per heavy atom. The molecule has 0 aliphatic carbocycles. The Bertz CT molecular complexity index is 810. The predicted octanol–water partition coefficient (Wildman–Crippen LogP) is 0.884. The SMILES string of the molecule is O=C(NCCNc1cc(N2CCOCC2)ncn1)c1ccc2c(c1)OCO2. The van der Waals surface area contributed by atoms with E-state index in [1.165, 1.54) is 0 Å². The molecule has 0 unspecified atom stereocenters. The molecule has 1 amide bonds. The summed E-state index contributed by atoms with van der Waals surface area (Å²) in [6, 6.07) is 7.05. The number of aromatic nitrogens is 2. The Kier molecular flexibility index (Phi) is 5.20. The van der Waals surface area contributed by atoms with Crippen molar-refractivity contribution in [1.82, 2.24) is 15.3 Å². The van der Waals surface area contributed by atoms with Gasteiger partial charge in [-0.15, -0.1) is 0 Å². The van der Waals surface area contributed by atoms with Gasteiger partial charge >= 0.3 is 0 Å². The van der Waals surface area contributed by atoms with Crippen molar-refractivity contribution in [2.75, 3.05) is 56.4 Å². The number of anilines is 2. The second-order valence-electron chi connectivity index (χ2n) is 6.11. The fraction of sp³-hybridized carbons (Fsp3) is 0.389. The van der Waals surface area contributed by atoms with Crippen molar-refractivity contribution < 1.29 is 19.0 Å². The van der Waals surface area contributed by atoms with Crippen LogP contribution in [0.25, 0.3) is 0 Å². The van der Waals surface area contributed by atoms with Crippen LogP contribution in [0.5, 0.6) is 11.5 Å². The van der Waals surface area contributed by atoms with Crippen molar-refractivity contribution in [3.8, 4) is 11.5 Å². The normalized spacial score (nSPS) is 15.5. The highest BCUT2D eigenvalue weighted by Crippen LogP contribution is 2.32. The van der Waals surface area contributed by atoms with Crippen LogP contribution in [0, 0.1) is 0 Å². The smallest absolute Gasteiger partial charge is 0.251 e. The quantitative estimate of drug-likeness (QED) is 0.723. The highest BCUT2D eigenvalue weighted by atomic mass is 16.7. The molecule has 1 saturated heterocycles. The van der Waals surface area contributed by atoms with Gasteiger partial charge in [0.05, 0.1) is 13.2 Å². The van der Waals surface area contributed by atoms with Gasteiger partial charge in [-0.1, -0.05) is 0 Å². The minimum Gasteiger partial charge on any atom is -0.454 e. The van der Waals surface area contributed by atoms with E-state index in [-0.39, 0.29) is 12.7 Å². The molecule has 4 rings (SSSR count). The summed E-state index contributed by atoms with van der Waals surface area (Å²) in [5, 5.41) is 6.07. The number of nitrogens with zero attached hydrogens (tertiary/aromatic N) is 3. The van der Waals surface area contributed by atoms with E-state index in [1.807, 2.05) is 6.07 Å². The zero-order chi connectivity index (χ0) is 18.5. The van der Waals surface area contributed by atoms with Gasteiger partial charge in [-0.3, -0.25) is 4.79 Å². The van der Waals surface area contributed by atoms with Crippen molar-refractivity contribution in [3.63, 3.8) is 0 Å². The minimum absolute atomic E-state index is 0.160. The van der Waals surface area contributed by atoms with Gasteiger partial charge in [0.1, 0.15) is 18.0 Å². The van der Waals surface area contributed by atoms with E-state index in [0.717, 1.165) is 24.7 Å². The number of hydrogen-bond donors (Lipinski definition) is 2. The number of amides is 1. The van der Waals surface area contributed by atoms with Crippen LogP contribution in [0.1, 0.15) is 10.4 Å². The second kappa shape index (κ2) is 8.09. The maximum Gasteiger partial charge on any atom is 0.251 e. The zero-order valence-corrected chi connectivity index (χ0v) is 14.8. The lowest BCUT2D eigenvalue weighted by Crippen LogP contribution is -2.36. The van der Waals surface area contributed by atoms with E-state index in [0.29, 0.717) is 43.4 Å². The van der Waals surface area contributed by atoms with Gasteiger partial charge in [0, 0.05) is 37.8 Å². The molecule has 2 aliphatic heterocycles. The molecule has 27 heavy (non-hydrogen) atoms. The topological polar surface area (TPSA) is 97.8 Å². The number of carbonyl (C=O) groups is 1. The number of fused-ring (bicyclic) bond motifs is 1. The molecule has 1 aromatic carbocycles. The van der Waals surface area contributed by atoms with Crippen molar-refractivity contribution >= 4 is 17.5 Å². The molecule has 0 atom stereocenters. The van der Waals surface area contributed by atoms with Gasteiger partial charge in [0.25, 0.3) is 5.91 Å². The minimum atomic E-state index is -0.160. The van der Waals surface area contributed by atoms with E-state index in [9.17, 15) is 4.79 Å². The first-order chi connectivity index (χ1) is 13.3. The van der Waals surface area contributed by atoms with Crippen molar-refractivity contribution in [2.24, 2.45) is 0 Å². The van der Waals surface area contributed by atoms with E-state index < -0.39 is 0 Å². The van der Waals surface area contributed by atoms with Crippen LogP contribution >= 0.6 is 0 Å². The number of morpholine rings is 1. The summed E-state index contributed by atoms with van der Waals surface area (Å²) in [5.41, 5.74) is 0.538. The fourth-order valence-corrected chi connectivity index (χ4v) is 2.92. The molecule has 0 spiro atoms. The Balaban J connectivity index is 1.25. The van der Waals surface area contributed by atoms with Crippen molar-refractivity contribution in [2.45, 2.75) is 0 Å². The van der Waals surface area contributed by atoms with Gasteiger partial charge < -0.3 is 29.7 Å². The zero-order valence-electron chi connectivity index (χ0n) is 14.8. The van der Waals surface area contributed by atoms with Crippen LogP contribution in [0.3, 0.4) is 0 Å². The molecule has 3 heterocycles. The molecule has 9 heteroatoms. The summed E-state index contributed by atoms with van der Waals surface area (Å²) in [6.07, 6.45) is 1.54. The van der Waals surface area contributed by atoms with Crippen LogP contribution in [0.4, 0.5) is 11.6 Å². The molecule has 2 N–H and O–H groups in total. The highest BCUT2D eigenvalue weighted by Gasteiger charge is 2.16. The maximum atomic E-state index is 12.2. The first-order valence-electron chi connectivity index (χ1n) is 8.86. The third-order valence-corrected chi connectivity index (χ3v) is 4.34. The Labute approximate surface area is 156 Å². The average molecular weight is 371 g/mol. The van der Waals surface area contributed by atoms with Crippen LogP contribution < -0.4 is 25.0 Å². The number of ether oxygens (including phenoxy) is 3. The summed E-state index contributed by atoms with van der Waals surface area (Å²) in [4.78, 5) is 22.9. The first-order valence-corrected chi connectivity index (χ1v) is 8.86. The maximum absolute atomic E-state index is 12.2. The molecular formula is C18H21N5O4. The van der Waals surface area contributed by atoms with E-state index in [1.54, 1.807) is 24.5 Å². The molecule has 1 aromatic heterocycles. The largest absolute Gasteiger partial charge is 0.454 e. The molecule has 2 aromatic rings. The summed E-state index contributed by atoms with van der Waals surface area (Å²) in [7, 11) is 0. The monoisotopic (exact) mass is 371 g/mol. The standard InChI is InChI=1S/C18H21N5O4/c24-18(13-1-2-14-15(9-13)27-12-26-14)20-4-3-19-16-10-17(22-11-21-16)23-5-7-25-8-6-23/h1-2,9-11H,3-8,12H2,(H,20,24)(H,19,21,22). The molecule has 9 nitrogen and oxygen atoms in total. The fourth-order valence-electron chi connectivity index (χ4n) is 2.92. The molecule has 0 bridgehead atoms.